The molecule has 3 N–H and O–H groups in total. The van der Waals surface area contributed by atoms with Crippen LogP contribution in [-0.2, 0) is 16.6 Å². The molecule has 120 valence electrons. The van der Waals surface area contributed by atoms with E-state index in [1.54, 1.807) is 6.20 Å². The summed E-state index contributed by atoms with van der Waals surface area (Å²) in [6, 6.07) is 0.295. The number of sulfonamides is 1. The van der Waals surface area contributed by atoms with Gasteiger partial charge in [0, 0.05) is 24.7 Å². The maximum absolute atomic E-state index is 12.4. The van der Waals surface area contributed by atoms with Gasteiger partial charge in [-0.3, -0.25) is 5.10 Å². The van der Waals surface area contributed by atoms with Crippen LogP contribution >= 0.6 is 11.8 Å². The minimum Gasteiger partial charge on any atom is -0.310 e. The summed E-state index contributed by atoms with van der Waals surface area (Å²) in [7, 11) is -3.51. The second-order valence-electron chi connectivity index (χ2n) is 5.67. The SMILES string of the molecule is CC(C)NCc1cn[nH]c1S(=O)(=O)NCC1CCSCC1. The second-order valence-corrected chi connectivity index (χ2v) is 8.60. The standard InChI is InChI=1S/C13H24N4O2S2/c1-10(2)14-8-12-9-15-17-13(12)21(18,19)16-7-11-3-5-20-6-4-11/h9-11,14,16H,3-8H2,1-2H3,(H,15,17). The fourth-order valence-electron chi connectivity index (χ4n) is 2.22. The number of aromatic nitrogens is 2. The van der Waals surface area contributed by atoms with Crippen molar-refractivity contribution in [2.24, 2.45) is 5.92 Å². The van der Waals surface area contributed by atoms with Crippen LogP contribution in [0.3, 0.4) is 0 Å². The largest absolute Gasteiger partial charge is 0.310 e. The molecule has 0 bridgehead atoms. The van der Waals surface area contributed by atoms with E-state index in [4.69, 9.17) is 0 Å². The summed E-state index contributed by atoms with van der Waals surface area (Å²) in [4.78, 5) is 0. The minimum absolute atomic E-state index is 0.181. The molecule has 1 aromatic heterocycles. The summed E-state index contributed by atoms with van der Waals surface area (Å²) in [5.41, 5.74) is 0.676. The summed E-state index contributed by atoms with van der Waals surface area (Å²) in [6.45, 7) is 5.05. The molecule has 1 aromatic rings. The monoisotopic (exact) mass is 332 g/mol. The average molecular weight is 332 g/mol. The normalized spacial score (nSPS) is 17.5. The predicted molar refractivity (Wildman–Crippen MR) is 85.8 cm³/mol. The van der Waals surface area contributed by atoms with Gasteiger partial charge in [-0.25, -0.2) is 13.1 Å². The van der Waals surface area contributed by atoms with Gasteiger partial charge in [0.2, 0.25) is 0 Å². The molecule has 2 rings (SSSR count). The van der Waals surface area contributed by atoms with Gasteiger partial charge in [0.25, 0.3) is 10.0 Å². The molecular formula is C13H24N4O2S2. The molecule has 0 spiro atoms. The fourth-order valence-corrected chi connectivity index (χ4v) is 4.67. The van der Waals surface area contributed by atoms with Crippen LogP contribution in [0.2, 0.25) is 0 Å². The Hall–Kier alpha value is -0.570. The lowest BCUT2D eigenvalue weighted by Crippen LogP contribution is -2.32. The minimum atomic E-state index is -3.51. The summed E-state index contributed by atoms with van der Waals surface area (Å²) >= 11 is 1.94. The Balaban J connectivity index is 1.96. The van der Waals surface area contributed by atoms with Crippen LogP contribution in [-0.4, -0.2) is 42.7 Å². The molecule has 1 aliphatic rings. The number of H-pyrrole nitrogens is 1. The van der Waals surface area contributed by atoms with E-state index in [1.807, 2.05) is 25.6 Å². The van der Waals surface area contributed by atoms with E-state index in [0.29, 0.717) is 30.6 Å². The molecule has 1 saturated heterocycles. The van der Waals surface area contributed by atoms with Crippen LogP contribution < -0.4 is 10.0 Å². The zero-order chi connectivity index (χ0) is 15.3. The van der Waals surface area contributed by atoms with E-state index < -0.39 is 10.0 Å². The van der Waals surface area contributed by atoms with Gasteiger partial charge in [0.05, 0.1) is 6.20 Å². The highest BCUT2D eigenvalue weighted by atomic mass is 32.2. The van der Waals surface area contributed by atoms with E-state index in [-0.39, 0.29) is 5.03 Å². The van der Waals surface area contributed by atoms with E-state index in [1.165, 1.54) is 0 Å². The maximum atomic E-state index is 12.4. The Labute approximate surface area is 130 Å². The molecule has 0 amide bonds. The summed E-state index contributed by atoms with van der Waals surface area (Å²) in [5.74, 6) is 2.70. The number of thioether (sulfide) groups is 1. The van der Waals surface area contributed by atoms with Crippen molar-refractivity contribution < 1.29 is 8.42 Å². The highest BCUT2D eigenvalue weighted by molar-refractivity contribution is 7.99. The third-order valence-electron chi connectivity index (χ3n) is 3.55. The molecular weight excluding hydrogens is 308 g/mol. The first-order chi connectivity index (χ1) is 9.99. The van der Waals surface area contributed by atoms with Crippen LogP contribution in [0.15, 0.2) is 11.2 Å². The van der Waals surface area contributed by atoms with Crippen molar-refractivity contribution in [1.82, 2.24) is 20.2 Å². The van der Waals surface area contributed by atoms with E-state index in [2.05, 4.69) is 20.2 Å². The van der Waals surface area contributed by atoms with Crippen molar-refractivity contribution >= 4 is 21.8 Å². The number of hydrogen-bond donors (Lipinski definition) is 3. The van der Waals surface area contributed by atoms with Crippen molar-refractivity contribution in [2.75, 3.05) is 18.1 Å². The van der Waals surface area contributed by atoms with Crippen LogP contribution in [0.5, 0.6) is 0 Å². The zero-order valence-corrected chi connectivity index (χ0v) is 14.2. The highest BCUT2D eigenvalue weighted by Gasteiger charge is 2.23. The molecule has 1 aliphatic heterocycles. The molecule has 2 heterocycles. The smallest absolute Gasteiger partial charge is 0.257 e. The van der Waals surface area contributed by atoms with Gasteiger partial charge in [-0.1, -0.05) is 13.8 Å². The highest BCUT2D eigenvalue weighted by Crippen LogP contribution is 2.22. The lowest BCUT2D eigenvalue weighted by Gasteiger charge is -2.21. The van der Waals surface area contributed by atoms with Crippen LogP contribution in [0.4, 0.5) is 0 Å². The van der Waals surface area contributed by atoms with Crippen molar-refractivity contribution in [3.8, 4) is 0 Å². The van der Waals surface area contributed by atoms with Gasteiger partial charge in [-0.2, -0.15) is 16.9 Å². The van der Waals surface area contributed by atoms with Gasteiger partial charge in [0.1, 0.15) is 0 Å². The molecule has 0 saturated carbocycles. The Kier molecular flexibility index (Phi) is 6.09. The Morgan fingerprint density at radius 1 is 1.43 bits per heavy atom. The third-order valence-corrected chi connectivity index (χ3v) is 6.04. The molecule has 8 heteroatoms. The lowest BCUT2D eigenvalue weighted by atomic mass is 10.0. The average Bonchev–Trinajstić information content (AvgIpc) is 2.93. The number of aromatic amines is 1. The van der Waals surface area contributed by atoms with Crippen LogP contribution in [0.25, 0.3) is 0 Å². The molecule has 21 heavy (non-hydrogen) atoms. The summed E-state index contributed by atoms with van der Waals surface area (Å²) in [6.07, 6.45) is 3.73. The summed E-state index contributed by atoms with van der Waals surface area (Å²) in [5, 5.41) is 9.88. The topological polar surface area (TPSA) is 86.9 Å². The second kappa shape index (κ2) is 7.62. The first-order valence-corrected chi connectivity index (χ1v) is 9.96. The van der Waals surface area contributed by atoms with Gasteiger partial charge < -0.3 is 5.32 Å². The van der Waals surface area contributed by atoms with Crippen molar-refractivity contribution in [1.29, 1.82) is 0 Å². The molecule has 0 aliphatic carbocycles. The number of nitrogens with zero attached hydrogens (tertiary/aromatic N) is 1. The molecule has 1 fully saturated rings. The van der Waals surface area contributed by atoms with Gasteiger partial charge in [-0.05, 0) is 30.3 Å². The van der Waals surface area contributed by atoms with Crippen molar-refractivity contribution in [3.63, 3.8) is 0 Å². The zero-order valence-electron chi connectivity index (χ0n) is 12.6. The molecule has 6 nitrogen and oxygen atoms in total. The third kappa shape index (κ3) is 4.98. The quantitative estimate of drug-likeness (QED) is 0.701. The van der Waals surface area contributed by atoms with Crippen molar-refractivity contribution in [2.45, 2.75) is 44.3 Å². The van der Waals surface area contributed by atoms with E-state index in [0.717, 1.165) is 24.3 Å². The van der Waals surface area contributed by atoms with E-state index in [9.17, 15) is 8.42 Å². The molecule has 0 unspecified atom stereocenters. The number of hydrogen-bond acceptors (Lipinski definition) is 5. The van der Waals surface area contributed by atoms with Crippen LogP contribution in [0, 0.1) is 5.92 Å². The fraction of sp³-hybridized carbons (Fsp3) is 0.769. The lowest BCUT2D eigenvalue weighted by molar-refractivity contribution is 0.475. The molecule has 0 aromatic carbocycles. The Bertz CT molecular complexity index is 536. The molecule has 0 atom stereocenters. The van der Waals surface area contributed by atoms with Crippen LogP contribution in [0.1, 0.15) is 32.3 Å². The number of rotatable bonds is 7. The maximum Gasteiger partial charge on any atom is 0.257 e. The van der Waals surface area contributed by atoms with Crippen molar-refractivity contribution in [3.05, 3.63) is 11.8 Å². The number of nitrogens with one attached hydrogen (secondary N) is 3. The first kappa shape index (κ1) is 16.8. The predicted octanol–water partition coefficient (Wildman–Crippen LogP) is 1.33. The first-order valence-electron chi connectivity index (χ1n) is 7.32. The Morgan fingerprint density at radius 3 is 2.81 bits per heavy atom. The van der Waals surface area contributed by atoms with Gasteiger partial charge in [-0.15, -0.1) is 0 Å². The van der Waals surface area contributed by atoms with E-state index >= 15 is 0 Å². The molecule has 0 radical (unpaired) electrons. The van der Waals surface area contributed by atoms with Gasteiger partial charge in [0.15, 0.2) is 5.03 Å². The Morgan fingerprint density at radius 2 is 2.14 bits per heavy atom. The van der Waals surface area contributed by atoms with Gasteiger partial charge >= 0.3 is 0 Å². The summed E-state index contributed by atoms with van der Waals surface area (Å²) < 4.78 is 27.5.